The van der Waals surface area contributed by atoms with Gasteiger partial charge in [-0.15, -0.1) is 0 Å². The van der Waals surface area contributed by atoms with Crippen LogP contribution in [0.5, 0.6) is 0 Å². The predicted molar refractivity (Wildman–Crippen MR) is 50.7 cm³/mol. The van der Waals surface area contributed by atoms with Crippen LogP contribution in [-0.4, -0.2) is 30.0 Å². The molecule has 6 nitrogen and oxygen atoms in total. The number of nitrogens with one attached hydrogen (secondary N) is 1. The molecule has 0 amide bonds. The maximum atomic E-state index is 5.29. The second-order valence-electron chi connectivity index (χ2n) is 3.38. The molecule has 0 saturated carbocycles. The van der Waals surface area contributed by atoms with E-state index in [-0.39, 0.29) is 6.01 Å². The number of ether oxygens (including phenoxy) is 1. The molecule has 0 unspecified atom stereocenters. The Morgan fingerprint density at radius 2 is 2.14 bits per heavy atom. The van der Waals surface area contributed by atoms with Crippen molar-refractivity contribution >= 4 is 12.0 Å². The van der Waals surface area contributed by atoms with E-state index in [0.717, 1.165) is 32.6 Å². The monoisotopic (exact) mass is 198 g/mol. The summed E-state index contributed by atoms with van der Waals surface area (Å²) in [5.74, 6) is 0.622. The predicted octanol–water partition coefficient (Wildman–Crippen LogP) is 0.490. The molecule has 6 heteroatoms. The van der Waals surface area contributed by atoms with Gasteiger partial charge in [-0.05, 0) is 18.8 Å². The molecule has 1 aromatic rings. The van der Waals surface area contributed by atoms with E-state index in [1.807, 2.05) is 0 Å². The highest BCUT2D eigenvalue weighted by Gasteiger charge is 2.14. The SMILES string of the molecule is Nc1nnc(NCC2CCOCC2)o1. The largest absolute Gasteiger partial charge is 0.390 e. The number of hydrogen-bond donors (Lipinski definition) is 2. The van der Waals surface area contributed by atoms with Gasteiger partial charge in [0.1, 0.15) is 0 Å². The Labute approximate surface area is 81.8 Å². The van der Waals surface area contributed by atoms with Crippen molar-refractivity contribution in [3.05, 3.63) is 0 Å². The lowest BCUT2D eigenvalue weighted by Gasteiger charge is -2.21. The Bertz CT molecular complexity index is 283. The second kappa shape index (κ2) is 4.28. The molecule has 1 aliphatic heterocycles. The summed E-state index contributed by atoms with van der Waals surface area (Å²) in [6.45, 7) is 2.53. The average molecular weight is 198 g/mol. The molecule has 2 heterocycles. The zero-order chi connectivity index (χ0) is 9.80. The third-order valence-corrected chi connectivity index (χ3v) is 2.32. The molecule has 1 aromatic heterocycles. The van der Waals surface area contributed by atoms with Gasteiger partial charge in [0.25, 0.3) is 0 Å². The summed E-state index contributed by atoms with van der Waals surface area (Å²) < 4.78 is 10.2. The maximum absolute atomic E-state index is 5.29. The minimum absolute atomic E-state index is 0.0967. The van der Waals surface area contributed by atoms with E-state index in [2.05, 4.69) is 15.5 Å². The summed E-state index contributed by atoms with van der Waals surface area (Å²) in [6, 6.07) is 0.494. The van der Waals surface area contributed by atoms with Crippen LogP contribution in [0.4, 0.5) is 12.0 Å². The Hall–Kier alpha value is -1.30. The first-order valence-corrected chi connectivity index (χ1v) is 4.75. The second-order valence-corrected chi connectivity index (χ2v) is 3.38. The van der Waals surface area contributed by atoms with E-state index in [1.54, 1.807) is 0 Å². The summed E-state index contributed by atoms with van der Waals surface area (Å²) >= 11 is 0. The lowest BCUT2D eigenvalue weighted by molar-refractivity contribution is 0.0698. The number of nitrogen functional groups attached to an aromatic ring is 1. The number of nitrogens with zero attached hydrogens (tertiary/aromatic N) is 2. The zero-order valence-electron chi connectivity index (χ0n) is 7.90. The van der Waals surface area contributed by atoms with E-state index in [1.165, 1.54) is 0 Å². The van der Waals surface area contributed by atoms with Gasteiger partial charge in [-0.1, -0.05) is 10.2 Å². The summed E-state index contributed by atoms with van der Waals surface area (Å²) in [5, 5.41) is 10.3. The maximum Gasteiger partial charge on any atom is 0.316 e. The van der Waals surface area contributed by atoms with Crippen LogP contribution < -0.4 is 11.1 Å². The smallest absolute Gasteiger partial charge is 0.316 e. The lowest BCUT2D eigenvalue weighted by Crippen LogP contribution is -2.22. The molecule has 78 valence electrons. The third kappa shape index (κ3) is 2.35. The van der Waals surface area contributed by atoms with Crippen LogP contribution in [0.25, 0.3) is 0 Å². The molecule has 1 aliphatic rings. The molecule has 0 atom stereocenters. The Morgan fingerprint density at radius 3 is 2.79 bits per heavy atom. The van der Waals surface area contributed by atoms with Crippen molar-refractivity contribution in [3.8, 4) is 0 Å². The number of nitrogens with two attached hydrogens (primary N) is 1. The third-order valence-electron chi connectivity index (χ3n) is 2.32. The first-order valence-electron chi connectivity index (χ1n) is 4.75. The van der Waals surface area contributed by atoms with Gasteiger partial charge in [0.2, 0.25) is 0 Å². The quantitative estimate of drug-likeness (QED) is 0.735. The Balaban J connectivity index is 1.76. The van der Waals surface area contributed by atoms with Gasteiger partial charge in [0.15, 0.2) is 0 Å². The fourth-order valence-corrected chi connectivity index (χ4v) is 1.49. The summed E-state index contributed by atoms with van der Waals surface area (Å²) in [5.41, 5.74) is 5.29. The minimum Gasteiger partial charge on any atom is -0.390 e. The standard InChI is InChI=1S/C8H14N4O2/c9-7-11-12-8(14-7)10-5-6-1-3-13-4-2-6/h6H,1-5H2,(H2,9,11)(H,10,12). The molecule has 0 radical (unpaired) electrons. The van der Waals surface area contributed by atoms with E-state index < -0.39 is 0 Å². The minimum atomic E-state index is 0.0967. The molecule has 14 heavy (non-hydrogen) atoms. The molecule has 0 aliphatic carbocycles. The highest BCUT2D eigenvalue weighted by molar-refractivity contribution is 5.22. The molecule has 1 saturated heterocycles. The molecule has 0 spiro atoms. The fourth-order valence-electron chi connectivity index (χ4n) is 1.49. The number of hydrogen-bond acceptors (Lipinski definition) is 6. The van der Waals surface area contributed by atoms with Gasteiger partial charge in [0, 0.05) is 19.8 Å². The van der Waals surface area contributed by atoms with E-state index in [9.17, 15) is 0 Å². The number of anilines is 2. The molecule has 3 N–H and O–H groups in total. The lowest BCUT2D eigenvalue weighted by atomic mass is 10.0. The first kappa shape index (κ1) is 9.26. The summed E-state index contributed by atoms with van der Waals surface area (Å²) in [4.78, 5) is 0. The highest BCUT2D eigenvalue weighted by Crippen LogP contribution is 2.15. The first-order chi connectivity index (χ1) is 6.84. The van der Waals surface area contributed by atoms with Crippen LogP contribution in [0.2, 0.25) is 0 Å². The molecule has 0 aromatic carbocycles. The van der Waals surface area contributed by atoms with Crippen molar-refractivity contribution in [1.29, 1.82) is 0 Å². The van der Waals surface area contributed by atoms with Crippen LogP contribution in [-0.2, 0) is 4.74 Å². The molecular weight excluding hydrogens is 184 g/mol. The van der Waals surface area contributed by atoms with Gasteiger partial charge in [-0.3, -0.25) is 0 Å². The van der Waals surface area contributed by atoms with Gasteiger partial charge < -0.3 is 20.2 Å². The molecule has 0 bridgehead atoms. The van der Waals surface area contributed by atoms with Gasteiger partial charge >= 0.3 is 12.0 Å². The normalized spacial score (nSPS) is 18.3. The zero-order valence-corrected chi connectivity index (χ0v) is 7.90. The van der Waals surface area contributed by atoms with Crippen molar-refractivity contribution in [3.63, 3.8) is 0 Å². The van der Waals surface area contributed by atoms with Gasteiger partial charge in [-0.2, -0.15) is 0 Å². The molecule has 1 fully saturated rings. The highest BCUT2D eigenvalue weighted by atomic mass is 16.5. The van der Waals surface area contributed by atoms with Crippen LogP contribution >= 0.6 is 0 Å². The summed E-state index contributed by atoms with van der Waals surface area (Å²) in [6.07, 6.45) is 2.16. The Morgan fingerprint density at radius 1 is 1.36 bits per heavy atom. The van der Waals surface area contributed by atoms with Crippen molar-refractivity contribution < 1.29 is 9.15 Å². The van der Waals surface area contributed by atoms with E-state index in [4.69, 9.17) is 14.9 Å². The number of aromatic nitrogens is 2. The van der Waals surface area contributed by atoms with Gasteiger partial charge in [0.05, 0.1) is 0 Å². The topological polar surface area (TPSA) is 86.2 Å². The number of rotatable bonds is 3. The van der Waals surface area contributed by atoms with Crippen molar-refractivity contribution in [2.24, 2.45) is 5.92 Å². The molecular formula is C8H14N4O2. The summed E-state index contributed by atoms with van der Waals surface area (Å²) in [7, 11) is 0. The van der Waals surface area contributed by atoms with E-state index >= 15 is 0 Å². The van der Waals surface area contributed by atoms with Crippen molar-refractivity contribution in [1.82, 2.24) is 10.2 Å². The van der Waals surface area contributed by atoms with Crippen LogP contribution in [0, 0.1) is 5.92 Å². The molecule has 2 rings (SSSR count). The average Bonchev–Trinajstić information content (AvgIpc) is 2.63. The van der Waals surface area contributed by atoms with Crippen LogP contribution in [0.15, 0.2) is 4.42 Å². The van der Waals surface area contributed by atoms with Crippen molar-refractivity contribution in [2.75, 3.05) is 30.8 Å². The Kier molecular flexibility index (Phi) is 2.83. The van der Waals surface area contributed by atoms with E-state index in [0.29, 0.717) is 11.9 Å². The van der Waals surface area contributed by atoms with Crippen LogP contribution in [0.3, 0.4) is 0 Å². The van der Waals surface area contributed by atoms with Gasteiger partial charge in [-0.25, -0.2) is 0 Å². The fraction of sp³-hybridized carbons (Fsp3) is 0.750. The van der Waals surface area contributed by atoms with Crippen molar-refractivity contribution in [2.45, 2.75) is 12.8 Å². The van der Waals surface area contributed by atoms with Crippen LogP contribution in [0.1, 0.15) is 12.8 Å².